The zero-order chi connectivity index (χ0) is 15.6. The summed E-state index contributed by atoms with van der Waals surface area (Å²) in [6.07, 6.45) is 0. The molecule has 2 aromatic rings. The molecule has 0 aliphatic carbocycles. The maximum absolute atomic E-state index is 12.7. The predicted molar refractivity (Wildman–Crippen MR) is 87.1 cm³/mol. The van der Waals surface area contributed by atoms with Crippen molar-refractivity contribution < 1.29 is 14.3 Å². The van der Waals surface area contributed by atoms with Crippen LogP contribution in [0.25, 0.3) is 0 Å². The summed E-state index contributed by atoms with van der Waals surface area (Å²) in [5, 5.41) is 0.771. The molecular weight excluding hydrogens is 379 g/mol. The van der Waals surface area contributed by atoms with Gasteiger partial charge < -0.3 is 9.47 Å². The molecule has 110 valence electrons. The van der Waals surface area contributed by atoms with E-state index in [1.54, 1.807) is 24.3 Å². The number of halogens is 3. The van der Waals surface area contributed by atoms with Crippen LogP contribution in [0.4, 0.5) is 0 Å². The van der Waals surface area contributed by atoms with Crippen LogP contribution in [-0.2, 0) is 0 Å². The highest BCUT2D eigenvalue weighted by Gasteiger charge is 2.21. The van der Waals surface area contributed by atoms with Crippen molar-refractivity contribution in [2.75, 3.05) is 14.2 Å². The van der Waals surface area contributed by atoms with Crippen molar-refractivity contribution in [2.24, 2.45) is 0 Å². The zero-order valence-electron chi connectivity index (χ0n) is 11.2. The molecule has 0 unspecified atom stereocenters. The van der Waals surface area contributed by atoms with Crippen molar-refractivity contribution in [1.29, 1.82) is 0 Å². The highest BCUT2D eigenvalue weighted by atomic mass is 79.9. The van der Waals surface area contributed by atoms with Crippen LogP contribution >= 0.6 is 39.1 Å². The molecule has 21 heavy (non-hydrogen) atoms. The van der Waals surface area contributed by atoms with Gasteiger partial charge in [0.25, 0.3) is 0 Å². The SMILES string of the molecule is COc1ccc(C(=O)c2cc(Cl)ccc2Cl)c(OC)c1Br. The molecule has 0 saturated heterocycles. The molecule has 3 nitrogen and oxygen atoms in total. The molecule has 0 radical (unpaired) electrons. The third-order valence-corrected chi connectivity index (χ3v) is 4.22. The Morgan fingerprint density at radius 2 is 1.76 bits per heavy atom. The van der Waals surface area contributed by atoms with Gasteiger partial charge in [-0.05, 0) is 46.3 Å². The third kappa shape index (κ3) is 3.18. The lowest BCUT2D eigenvalue weighted by Gasteiger charge is -2.13. The molecule has 0 saturated carbocycles. The maximum atomic E-state index is 12.7. The van der Waals surface area contributed by atoms with E-state index in [9.17, 15) is 4.79 Å². The summed E-state index contributed by atoms with van der Waals surface area (Å²) in [6, 6.07) is 8.05. The van der Waals surface area contributed by atoms with Gasteiger partial charge in [0.05, 0.1) is 24.8 Å². The first-order valence-corrected chi connectivity index (χ1v) is 7.44. The topological polar surface area (TPSA) is 35.5 Å². The zero-order valence-corrected chi connectivity index (χ0v) is 14.3. The van der Waals surface area contributed by atoms with Gasteiger partial charge in [0.2, 0.25) is 0 Å². The van der Waals surface area contributed by atoms with Gasteiger partial charge in [0, 0.05) is 10.6 Å². The lowest BCUT2D eigenvalue weighted by Crippen LogP contribution is -2.06. The number of carbonyl (C=O) groups is 1. The first-order valence-electron chi connectivity index (χ1n) is 5.89. The summed E-state index contributed by atoms with van der Waals surface area (Å²) in [7, 11) is 3.02. The van der Waals surface area contributed by atoms with E-state index in [-0.39, 0.29) is 5.78 Å². The molecule has 0 atom stereocenters. The molecular formula is C15H11BrCl2O3. The van der Waals surface area contributed by atoms with Crippen LogP contribution in [0.2, 0.25) is 10.0 Å². The van der Waals surface area contributed by atoms with E-state index in [2.05, 4.69) is 15.9 Å². The number of ether oxygens (including phenoxy) is 2. The quantitative estimate of drug-likeness (QED) is 0.690. The van der Waals surface area contributed by atoms with Crippen molar-refractivity contribution >= 4 is 44.9 Å². The fraction of sp³-hybridized carbons (Fsp3) is 0.133. The van der Waals surface area contributed by atoms with Crippen LogP contribution in [0, 0.1) is 0 Å². The Hall–Kier alpha value is -1.23. The van der Waals surface area contributed by atoms with Gasteiger partial charge in [-0.25, -0.2) is 0 Å². The standard InChI is InChI=1S/C15H11BrCl2O3/c1-20-12-6-4-9(15(21-2)13(12)16)14(19)10-7-8(17)3-5-11(10)18/h3-7H,1-2H3. The van der Waals surface area contributed by atoms with Gasteiger partial charge in [-0.2, -0.15) is 0 Å². The second-order valence-electron chi connectivity index (χ2n) is 4.12. The minimum absolute atomic E-state index is 0.275. The summed E-state index contributed by atoms with van der Waals surface area (Å²) < 4.78 is 11.1. The predicted octanol–water partition coefficient (Wildman–Crippen LogP) is 5.00. The highest BCUT2D eigenvalue weighted by molar-refractivity contribution is 9.10. The van der Waals surface area contributed by atoms with Crippen LogP contribution in [-0.4, -0.2) is 20.0 Å². The number of methoxy groups -OCH3 is 2. The van der Waals surface area contributed by atoms with Crippen LogP contribution in [0.3, 0.4) is 0 Å². The van der Waals surface area contributed by atoms with E-state index < -0.39 is 0 Å². The maximum Gasteiger partial charge on any atom is 0.198 e. The molecule has 0 fully saturated rings. The molecule has 6 heteroatoms. The molecule has 0 heterocycles. The van der Waals surface area contributed by atoms with Gasteiger partial charge in [-0.15, -0.1) is 0 Å². The summed E-state index contributed by atoms with van der Waals surface area (Å²) in [5.41, 5.74) is 0.689. The minimum atomic E-state index is -0.275. The van der Waals surface area contributed by atoms with Crippen LogP contribution < -0.4 is 9.47 Å². The fourth-order valence-electron chi connectivity index (χ4n) is 1.89. The van der Waals surface area contributed by atoms with Crippen LogP contribution in [0.15, 0.2) is 34.8 Å². The van der Waals surface area contributed by atoms with Gasteiger partial charge in [0.1, 0.15) is 16.0 Å². The molecule has 0 N–H and O–H groups in total. The van der Waals surface area contributed by atoms with Crippen molar-refractivity contribution in [3.8, 4) is 11.5 Å². The second-order valence-corrected chi connectivity index (χ2v) is 5.75. The molecule has 0 aliphatic heterocycles. The monoisotopic (exact) mass is 388 g/mol. The Morgan fingerprint density at radius 1 is 1.05 bits per heavy atom. The van der Waals surface area contributed by atoms with Gasteiger partial charge in [0.15, 0.2) is 5.78 Å². The minimum Gasteiger partial charge on any atom is -0.495 e. The first-order chi connectivity index (χ1) is 9.99. The van der Waals surface area contributed by atoms with E-state index >= 15 is 0 Å². The van der Waals surface area contributed by atoms with Crippen molar-refractivity contribution in [1.82, 2.24) is 0 Å². The smallest absolute Gasteiger partial charge is 0.198 e. The van der Waals surface area contributed by atoms with Crippen molar-refractivity contribution in [2.45, 2.75) is 0 Å². The normalized spacial score (nSPS) is 10.3. The van der Waals surface area contributed by atoms with E-state index in [0.717, 1.165) is 0 Å². The van der Waals surface area contributed by atoms with Crippen LogP contribution in [0.1, 0.15) is 15.9 Å². The number of carbonyl (C=O) groups excluding carboxylic acids is 1. The Kier molecular flexibility index (Phi) is 5.14. The number of benzene rings is 2. The molecule has 0 aromatic heterocycles. The van der Waals surface area contributed by atoms with E-state index in [4.69, 9.17) is 32.7 Å². The van der Waals surface area contributed by atoms with E-state index in [1.807, 2.05) is 0 Å². The Labute approximate surface area is 140 Å². The molecule has 0 bridgehead atoms. The van der Waals surface area contributed by atoms with Gasteiger partial charge in [-0.3, -0.25) is 4.79 Å². The molecule has 0 amide bonds. The van der Waals surface area contributed by atoms with Crippen LogP contribution in [0.5, 0.6) is 11.5 Å². The largest absolute Gasteiger partial charge is 0.495 e. The van der Waals surface area contributed by atoms with Gasteiger partial charge in [-0.1, -0.05) is 23.2 Å². The summed E-state index contributed by atoms with van der Waals surface area (Å²) in [4.78, 5) is 12.7. The molecule has 2 aromatic carbocycles. The lowest BCUT2D eigenvalue weighted by atomic mass is 10.0. The van der Waals surface area contributed by atoms with Gasteiger partial charge >= 0.3 is 0 Å². The van der Waals surface area contributed by atoms with Crippen molar-refractivity contribution in [3.05, 3.63) is 56.0 Å². The lowest BCUT2D eigenvalue weighted by molar-refractivity contribution is 0.103. The first kappa shape index (κ1) is 16.1. The summed E-state index contributed by atoms with van der Waals surface area (Å²) in [6.45, 7) is 0. The average molecular weight is 390 g/mol. The molecule has 0 aliphatic rings. The number of rotatable bonds is 4. The number of ketones is 1. The Morgan fingerprint density at radius 3 is 2.38 bits per heavy atom. The molecule has 0 spiro atoms. The Bertz CT molecular complexity index is 702. The number of hydrogen-bond acceptors (Lipinski definition) is 3. The number of hydrogen-bond donors (Lipinski definition) is 0. The van der Waals surface area contributed by atoms with Crippen molar-refractivity contribution in [3.63, 3.8) is 0 Å². The Balaban J connectivity index is 2.58. The summed E-state index contributed by atoms with van der Waals surface area (Å²) >= 11 is 15.4. The fourth-order valence-corrected chi connectivity index (χ4v) is 2.94. The molecule has 2 rings (SSSR count). The third-order valence-electron chi connectivity index (χ3n) is 2.90. The average Bonchev–Trinajstić information content (AvgIpc) is 2.48. The summed E-state index contributed by atoms with van der Waals surface area (Å²) in [5.74, 6) is 0.679. The van der Waals surface area contributed by atoms with E-state index in [1.165, 1.54) is 20.3 Å². The van der Waals surface area contributed by atoms with E-state index in [0.29, 0.717) is 37.1 Å². The highest BCUT2D eigenvalue weighted by Crippen LogP contribution is 2.38. The second kappa shape index (κ2) is 6.69.